The summed E-state index contributed by atoms with van der Waals surface area (Å²) in [6.07, 6.45) is 1.04. The van der Waals surface area contributed by atoms with Crippen LogP contribution in [0.5, 0.6) is 11.5 Å². The Balaban J connectivity index is 2.37. The van der Waals surface area contributed by atoms with E-state index in [2.05, 4.69) is 0 Å². The molecule has 0 atom stereocenters. The number of benzene rings is 2. The van der Waals surface area contributed by atoms with E-state index in [1.807, 2.05) is 0 Å². The molecule has 0 heterocycles. The molecule has 4 nitrogen and oxygen atoms in total. The largest absolute Gasteiger partial charge is 0.508 e. The van der Waals surface area contributed by atoms with Crippen LogP contribution in [0.25, 0.3) is 10.8 Å². The maximum Gasteiger partial charge on any atom is 0.314 e. The number of hydrogen-bond donors (Lipinski definition) is 3. The fraction of sp³-hybridized carbons (Fsp3) is 0.214. The monoisotopic (exact) mass is 244 g/mol. The number of phenolic OH excluding ortho intramolecular Hbond substituents is 2. The number of carbonyl (C=O) groups is 1. The second-order valence-electron chi connectivity index (χ2n) is 4.75. The van der Waals surface area contributed by atoms with Gasteiger partial charge in [0.05, 0.1) is 5.41 Å². The lowest BCUT2D eigenvalue weighted by atomic mass is 9.90. The summed E-state index contributed by atoms with van der Waals surface area (Å²) in [6, 6.07) is 7.99. The van der Waals surface area contributed by atoms with Crippen LogP contribution in [0.1, 0.15) is 18.4 Å². The molecule has 0 radical (unpaired) electrons. The minimum absolute atomic E-state index is 0.0204. The molecule has 0 amide bonds. The third-order valence-electron chi connectivity index (χ3n) is 3.62. The number of fused-ring (bicyclic) bond motifs is 1. The fourth-order valence-electron chi connectivity index (χ4n) is 2.49. The van der Waals surface area contributed by atoms with Gasteiger partial charge in [-0.25, -0.2) is 0 Å². The summed E-state index contributed by atoms with van der Waals surface area (Å²) in [4.78, 5) is 11.4. The maximum absolute atomic E-state index is 11.4. The van der Waals surface area contributed by atoms with Crippen molar-refractivity contribution in [3.8, 4) is 11.5 Å². The van der Waals surface area contributed by atoms with Gasteiger partial charge in [0.25, 0.3) is 0 Å². The lowest BCUT2D eigenvalue weighted by Crippen LogP contribution is -2.20. The quantitative estimate of drug-likeness (QED) is 0.757. The Labute approximate surface area is 103 Å². The fourth-order valence-corrected chi connectivity index (χ4v) is 2.49. The molecule has 2 aromatic carbocycles. The van der Waals surface area contributed by atoms with Gasteiger partial charge in [0.1, 0.15) is 11.5 Å². The molecule has 18 heavy (non-hydrogen) atoms. The van der Waals surface area contributed by atoms with E-state index >= 15 is 0 Å². The van der Waals surface area contributed by atoms with Gasteiger partial charge >= 0.3 is 5.97 Å². The molecular formula is C14H12O4. The summed E-state index contributed by atoms with van der Waals surface area (Å²) in [5.41, 5.74) is -0.569. The number of rotatable bonds is 2. The lowest BCUT2D eigenvalue weighted by Gasteiger charge is -2.15. The molecule has 0 saturated heterocycles. The molecule has 3 rings (SSSR count). The molecule has 1 fully saturated rings. The Morgan fingerprint density at radius 3 is 2.39 bits per heavy atom. The third-order valence-corrected chi connectivity index (χ3v) is 3.62. The predicted octanol–water partition coefficient (Wildman–Crippen LogP) is 2.37. The third kappa shape index (κ3) is 1.35. The molecule has 3 N–H and O–H groups in total. The first kappa shape index (κ1) is 10.9. The summed E-state index contributed by atoms with van der Waals surface area (Å²) < 4.78 is 0. The summed E-state index contributed by atoms with van der Waals surface area (Å²) in [5, 5.41) is 30.3. The van der Waals surface area contributed by atoms with Crippen LogP contribution in [0.15, 0.2) is 30.3 Å². The molecular weight excluding hydrogens is 232 g/mol. The van der Waals surface area contributed by atoms with Crippen LogP contribution < -0.4 is 0 Å². The van der Waals surface area contributed by atoms with Crippen molar-refractivity contribution < 1.29 is 20.1 Å². The first-order valence-electron chi connectivity index (χ1n) is 5.73. The SMILES string of the molecule is O=C(O)C1(c2c(O)ccc3ccc(O)cc23)CC1. The Bertz CT molecular complexity index is 651. The van der Waals surface area contributed by atoms with Crippen LogP contribution in [-0.4, -0.2) is 21.3 Å². The zero-order valence-electron chi connectivity index (χ0n) is 9.55. The normalized spacial score (nSPS) is 16.7. The molecule has 0 spiro atoms. The number of aliphatic carboxylic acids is 1. The Morgan fingerprint density at radius 2 is 1.78 bits per heavy atom. The molecule has 4 heteroatoms. The van der Waals surface area contributed by atoms with Crippen molar-refractivity contribution in [2.24, 2.45) is 0 Å². The Hall–Kier alpha value is -2.23. The molecule has 1 aliphatic carbocycles. The van der Waals surface area contributed by atoms with E-state index < -0.39 is 11.4 Å². The standard InChI is InChI=1S/C14H12O4/c15-9-3-1-8-2-4-11(16)12(10(8)7-9)14(5-6-14)13(17)18/h1-4,7,15-16H,5-6H2,(H,17,18). The number of aromatic hydroxyl groups is 2. The van der Waals surface area contributed by atoms with Gasteiger partial charge in [-0.1, -0.05) is 12.1 Å². The Morgan fingerprint density at radius 1 is 1.11 bits per heavy atom. The van der Waals surface area contributed by atoms with Gasteiger partial charge in [-0.3, -0.25) is 4.79 Å². The van der Waals surface area contributed by atoms with Crippen molar-refractivity contribution >= 4 is 16.7 Å². The molecule has 0 bridgehead atoms. The molecule has 1 aliphatic rings. The minimum atomic E-state index is -0.989. The first-order chi connectivity index (χ1) is 8.54. The van der Waals surface area contributed by atoms with Gasteiger partial charge < -0.3 is 15.3 Å². The van der Waals surface area contributed by atoms with E-state index in [-0.39, 0.29) is 11.5 Å². The number of carboxylic acid groups (broad SMARTS) is 1. The van der Waals surface area contributed by atoms with Crippen LogP contribution in [-0.2, 0) is 10.2 Å². The zero-order valence-corrected chi connectivity index (χ0v) is 9.55. The highest BCUT2D eigenvalue weighted by molar-refractivity contribution is 5.97. The van der Waals surface area contributed by atoms with Gasteiger partial charge in [-0.2, -0.15) is 0 Å². The van der Waals surface area contributed by atoms with Gasteiger partial charge in [0.2, 0.25) is 0 Å². The van der Waals surface area contributed by atoms with Crippen molar-refractivity contribution in [1.82, 2.24) is 0 Å². The Kier molecular flexibility index (Phi) is 2.05. The summed E-state index contributed by atoms with van der Waals surface area (Å²) >= 11 is 0. The van der Waals surface area contributed by atoms with E-state index in [1.54, 1.807) is 18.2 Å². The zero-order chi connectivity index (χ0) is 12.9. The van der Waals surface area contributed by atoms with Gasteiger partial charge in [-0.15, -0.1) is 0 Å². The lowest BCUT2D eigenvalue weighted by molar-refractivity contribution is -0.140. The maximum atomic E-state index is 11.4. The highest BCUT2D eigenvalue weighted by Crippen LogP contribution is 2.53. The number of phenols is 2. The van der Waals surface area contributed by atoms with Crippen LogP contribution in [0.2, 0.25) is 0 Å². The van der Waals surface area contributed by atoms with Gasteiger partial charge in [-0.05, 0) is 41.8 Å². The highest BCUT2D eigenvalue weighted by Gasteiger charge is 2.54. The molecule has 0 aromatic heterocycles. The van der Waals surface area contributed by atoms with Gasteiger partial charge in [0, 0.05) is 5.56 Å². The van der Waals surface area contributed by atoms with E-state index in [9.17, 15) is 20.1 Å². The van der Waals surface area contributed by atoms with Crippen LogP contribution in [0.4, 0.5) is 0 Å². The molecule has 1 saturated carbocycles. The number of carboxylic acids is 1. The average molecular weight is 244 g/mol. The van der Waals surface area contributed by atoms with E-state index in [1.165, 1.54) is 12.1 Å². The van der Waals surface area contributed by atoms with Crippen molar-refractivity contribution in [3.05, 3.63) is 35.9 Å². The summed E-state index contributed by atoms with van der Waals surface area (Å²) in [7, 11) is 0. The van der Waals surface area contributed by atoms with Crippen molar-refractivity contribution in [2.45, 2.75) is 18.3 Å². The molecule has 92 valence electrons. The van der Waals surface area contributed by atoms with Crippen LogP contribution in [0.3, 0.4) is 0 Å². The van der Waals surface area contributed by atoms with Crippen LogP contribution in [0, 0.1) is 0 Å². The number of hydrogen-bond acceptors (Lipinski definition) is 3. The van der Waals surface area contributed by atoms with Crippen molar-refractivity contribution in [2.75, 3.05) is 0 Å². The second-order valence-corrected chi connectivity index (χ2v) is 4.75. The van der Waals surface area contributed by atoms with Gasteiger partial charge in [0.15, 0.2) is 0 Å². The predicted molar refractivity (Wildman–Crippen MR) is 65.8 cm³/mol. The van der Waals surface area contributed by atoms with E-state index in [0.29, 0.717) is 23.8 Å². The van der Waals surface area contributed by atoms with Crippen molar-refractivity contribution in [1.29, 1.82) is 0 Å². The van der Waals surface area contributed by atoms with Crippen molar-refractivity contribution in [3.63, 3.8) is 0 Å². The van der Waals surface area contributed by atoms with E-state index in [0.717, 1.165) is 5.39 Å². The minimum Gasteiger partial charge on any atom is -0.508 e. The smallest absolute Gasteiger partial charge is 0.314 e. The first-order valence-corrected chi connectivity index (χ1v) is 5.73. The van der Waals surface area contributed by atoms with E-state index in [4.69, 9.17) is 0 Å². The second kappa shape index (κ2) is 3.38. The topological polar surface area (TPSA) is 77.8 Å². The summed E-state index contributed by atoms with van der Waals surface area (Å²) in [5.74, 6) is -0.878. The molecule has 0 aliphatic heterocycles. The highest BCUT2D eigenvalue weighted by atomic mass is 16.4. The molecule has 0 unspecified atom stereocenters. The summed E-state index contributed by atoms with van der Waals surface area (Å²) in [6.45, 7) is 0. The average Bonchev–Trinajstić information content (AvgIpc) is 3.10. The molecule has 2 aromatic rings. The van der Waals surface area contributed by atoms with Crippen LogP contribution >= 0.6 is 0 Å².